The second-order valence-corrected chi connectivity index (χ2v) is 7.03. The van der Waals surface area contributed by atoms with Crippen LogP contribution in [-0.2, 0) is 21.2 Å². The first-order valence-corrected chi connectivity index (χ1v) is 8.36. The van der Waals surface area contributed by atoms with Gasteiger partial charge in [0.15, 0.2) is 0 Å². The number of rotatable bonds is 6. The van der Waals surface area contributed by atoms with E-state index < -0.39 is 10.0 Å². The Balaban J connectivity index is 2.09. The number of fused-ring (bicyclic) bond motifs is 1. The van der Waals surface area contributed by atoms with Crippen molar-refractivity contribution >= 4 is 15.7 Å². The van der Waals surface area contributed by atoms with Crippen molar-refractivity contribution in [2.45, 2.75) is 24.7 Å². The Morgan fingerprint density at radius 2 is 2.25 bits per heavy atom. The van der Waals surface area contributed by atoms with Gasteiger partial charge in [-0.15, -0.1) is 0 Å². The predicted octanol–water partition coefficient (Wildman–Crippen LogP) is 1.61. The van der Waals surface area contributed by atoms with E-state index in [0.717, 1.165) is 30.6 Å². The zero-order chi connectivity index (χ0) is 14.6. The molecule has 2 rings (SSSR count). The van der Waals surface area contributed by atoms with Crippen molar-refractivity contribution in [3.05, 3.63) is 23.8 Å². The van der Waals surface area contributed by atoms with Gasteiger partial charge in [0.05, 0.1) is 4.90 Å². The lowest BCUT2D eigenvalue weighted by Gasteiger charge is -2.19. The number of sulfonamides is 1. The molecule has 1 aromatic carbocycles. The lowest BCUT2D eigenvalue weighted by Crippen LogP contribution is -2.30. The van der Waals surface area contributed by atoms with E-state index in [-0.39, 0.29) is 5.92 Å². The maximum absolute atomic E-state index is 12.3. The molecule has 1 aliphatic heterocycles. The van der Waals surface area contributed by atoms with Gasteiger partial charge in [0.25, 0.3) is 0 Å². The van der Waals surface area contributed by atoms with Crippen LogP contribution in [0.5, 0.6) is 0 Å². The van der Waals surface area contributed by atoms with E-state index in [4.69, 9.17) is 4.74 Å². The van der Waals surface area contributed by atoms with Crippen LogP contribution < -0.4 is 10.0 Å². The molecule has 6 heteroatoms. The average Bonchev–Trinajstić information content (AvgIpc) is 2.45. The van der Waals surface area contributed by atoms with E-state index >= 15 is 0 Å². The highest BCUT2D eigenvalue weighted by molar-refractivity contribution is 7.89. The van der Waals surface area contributed by atoms with Gasteiger partial charge in [-0.2, -0.15) is 0 Å². The first-order chi connectivity index (χ1) is 9.53. The molecule has 20 heavy (non-hydrogen) atoms. The molecule has 0 aliphatic carbocycles. The van der Waals surface area contributed by atoms with E-state index in [2.05, 4.69) is 10.0 Å². The molecule has 2 N–H and O–H groups in total. The first kappa shape index (κ1) is 15.3. The molecule has 0 radical (unpaired) electrons. The van der Waals surface area contributed by atoms with Crippen LogP contribution in [0.1, 0.15) is 18.9 Å². The van der Waals surface area contributed by atoms with Crippen molar-refractivity contribution < 1.29 is 13.2 Å². The van der Waals surface area contributed by atoms with Crippen LogP contribution in [0.2, 0.25) is 0 Å². The van der Waals surface area contributed by atoms with Crippen molar-refractivity contribution in [2.24, 2.45) is 5.92 Å². The summed E-state index contributed by atoms with van der Waals surface area (Å²) >= 11 is 0. The first-order valence-electron chi connectivity index (χ1n) is 6.88. The van der Waals surface area contributed by atoms with Gasteiger partial charge in [-0.3, -0.25) is 0 Å². The third kappa shape index (κ3) is 3.71. The molecule has 0 saturated heterocycles. The fourth-order valence-electron chi connectivity index (χ4n) is 2.30. The third-order valence-corrected chi connectivity index (χ3v) is 4.82. The highest BCUT2D eigenvalue weighted by atomic mass is 32.2. The molecule has 1 aliphatic rings. The van der Waals surface area contributed by atoms with Crippen LogP contribution in [0.25, 0.3) is 0 Å². The number of benzene rings is 1. The summed E-state index contributed by atoms with van der Waals surface area (Å²) in [6, 6.07) is 5.27. The number of hydrogen-bond donors (Lipinski definition) is 2. The molecule has 1 heterocycles. The molecular formula is C14H22N2O3S. The second kappa shape index (κ2) is 6.56. The standard InChI is InChI=1S/C14H22N2O3S/c1-11(10-19-2)9-16-20(17,18)13-5-6-14-12(8-13)4-3-7-15-14/h5-6,8,11,15-16H,3-4,7,9-10H2,1-2H3. The Bertz CT molecular complexity index is 558. The SMILES string of the molecule is COCC(C)CNS(=O)(=O)c1ccc2c(c1)CCCN2. The topological polar surface area (TPSA) is 67.4 Å². The van der Waals surface area contributed by atoms with Crippen LogP contribution in [0.3, 0.4) is 0 Å². The zero-order valence-corrected chi connectivity index (χ0v) is 12.8. The van der Waals surface area contributed by atoms with Gasteiger partial charge in [-0.1, -0.05) is 6.92 Å². The van der Waals surface area contributed by atoms with Gasteiger partial charge in [0, 0.05) is 32.5 Å². The molecule has 1 atom stereocenters. The van der Waals surface area contributed by atoms with Crippen molar-refractivity contribution in [1.82, 2.24) is 4.72 Å². The third-order valence-electron chi connectivity index (χ3n) is 3.40. The lowest BCUT2D eigenvalue weighted by molar-refractivity contribution is 0.161. The van der Waals surface area contributed by atoms with Gasteiger partial charge in [0.1, 0.15) is 0 Å². The monoisotopic (exact) mass is 298 g/mol. The van der Waals surface area contributed by atoms with Gasteiger partial charge in [0.2, 0.25) is 10.0 Å². The molecule has 0 spiro atoms. The molecule has 0 aromatic heterocycles. The van der Waals surface area contributed by atoms with Gasteiger partial charge in [-0.05, 0) is 42.5 Å². The van der Waals surface area contributed by atoms with Crippen molar-refractivity contribution in [3.8, 4) is 0 Å². The van der Waals surface area contributed by atoms with Crippen LogP contribution >= 0.6 is 0 Å². The lowest BCUT2D eigenvalue weighted by atomic mass is 10.0. The Hall–Kier alpha value is -1.11. The predicted molar refractivity (Wildman–Crippen MR) is 79.5 cm³/mol. The molecule has 1 aromatic rings. The fraction of sp³-hybridized carbons (Fsp3) is 0.571. The largest absolute Gasteiger partial charge is 0.385 e. The Labute approximate surface area is 120 Å². The minimum Gasteiger partial charge on any atom is -0.385 e. The molecule has 1 unspecified atom stereocenters. The maximum atomic E-state index is 12.3. The maximum Gasteiger partial charge on any atom is 0.240 e. The van der Waals surface area contributed by atoms with Crippen molar-refractivity contribution in [2.75, 3.05) is 32.1 Å². The molecule has 0 fully saturated rings. The summed E-state index contributed by atoms with van der Waals surface area (Å²) in [5.41, 5.74) is 2.12. The molecular weight excluding hydrogens is 276 g/mol. The summed E-state index contributed by atoms with van der Waals surface area (Å²) in [5, 5.41) is 3.28. The number of anilines is 1. The van der Waals surface area contributed by atoms with E-state index in [1.165, 1.54) is 0 Å². The molecule has 0 bridgehead atoms. The molecule has 0 amide bonds. The fourth-order valence-corrected chi connectivity index (χ4v) is 3.51. The quantitative estimate of drug-likeness (QED) is 0.837. The second-order valence-electron chi connectivity index (χ2n) is 5.26. The van der Waals surface area contributed by atoms with Crippen molar-refractivity contribution in [3.63, 3.8) is 0 Å². The van der Waals surface area contributed by atoms with Crippen molar-refractivity contribution in [1.29, 1.82) is 0 Å². The number of methoxy groups -OCH3 is 1. The normalized spacial score (nSPS) is 16.3. The summed E-state index contributed by atoms with van der Waals surface area (Å²) in [4.78, 5) is 0.338. The highest BCUT2D eigenvalue weighted by Gasteiger charge is 2.18. The van der Waals surface area contributed by atoms with Crippen LogP contribution in [0.15, 0.2) is 23.1 Å². The molecule has 0 saturated carbocycles. The Morgan fingerprint density at radius 1 is 1.45 bits per heavy atom. The smallest absolute Gasteiger partial charge is 0.240 e. The molecule has 112 valence electrons. The van der Waals surface area contributed by atoms with Crippen LogP contribution in [0, 0.1) is 5.92 Å². The summed E-state index contributed by atoms with van der Waals surface area (Å²) in [5.74, 6) is 0.147. The summed E-state index contributed by atoms with van der Waals surface area (Å²) in [7, 11) is -1.83. The van der Waals surface area contributed by atoms with E-state index in [0.29, 0.717) is 18.0 Å². The van der Waals surface area contributed by atoms with E-state index in [9.17, 15) is 8.42 Å². The Kier molecular flexibility index (Phi) is 5.01. The average molecular weight is 298 g/mol. The molecule has 5 nitrogen and oxygen atoms in total. The van der Waals surface area contributed by atoms with Crippen LogP contribution in [0.4, 0.5) is 5.69 Å². The summed E-state index contributed by atoms with van der Waals surface area (Å²) < 4.78 is 32.2. The Morgan fingerprint density at radius 3 is 3.00 bits per heavy atom. The highest BCUT2D eigenvalue weighted by Crippen LogP contribution is 2.24. The minimum absolute atomic E-state index is 0.147. The number of ether oxygens (including phenoxy) is 1. The summed E-state index contributed by atoms with van der Waals surface area (Å²) in [6.45, 7) is 3.82. The van der Waals surface area contributed by atoms with E-state index in [1.807, 2.05) is 13.0 Å². The van der Waals surface area contributed by atoms with Gasteiger partial charge in [-0.25, -0.2) is 13.1 Å². The number of hydrogen-bond acceptors (Lipinski definition) is 4. The van der Waals surface area contributed by atoms with Gasteiger partial charge < -0.3 is 10.1 Å². The minimum atomic E-state index is -3.44. The van der Waals surface area contributed by atoms with Crippen LogP contribution in [-0.4, -0.2) is 35.2 Å². The number of aryl methyl sites for hydroxylation is 1. The summed E-state index contributed by atoms with van der Waals surface area (Å²) in [6.07, 6.45) is 1.96. The number of nitrogens with one attached hydrogen (secondary N) is 2. The van der Waals surface area contributed by atoms with E-state index in [1.54, 1.807) is 19.2 Å². The zero-order valence-electron chi connectivity index (χ0n) is 12.0. The van der Waals surface area contributed by atoms with Gasteiger partial charge >= 0.3 is 0 Å².